The number of anilines is 1. The van der Waals surface area contributed by atoms with Crippen molar-refractivity contribution in [1.29, 1.82) is 0 Å². The Kier molecular flexibility index (Phi) is 10.6. The van der Waals surface area contributed by atoms with Crippen LogP contribution in [0.4, 0.5) is 5.69 Å². The summed E-state index contributed by atoms with van der Waals surface area (Å²) in [5.74, 6) is -0.896. The van der Waals surface area contributed by atoms with E-state index in [0.29, 0.717) is 21.3 Å². The molecular formula is C30H35Cl2N3O4S. The van der Waals surface area contributed by atoms with Gasteiger partial charge in [0, 0.05) is 29.1 Å². The van der Waals surface area contributed by atoms with Gasteiger partial charge in [0.15, 0.2) is 0 Å². The number of hydrogen-bond donors (Lipinski definition) is 1. The molecule has 1 N–H and O–H groups in total. The number of nitrogens with one attached hydrogen (secondary N) is 1. The summed E-state index contributed by atoms with van der Waals surface area (Å²) in [5, 5.41) is 3.69. The molecule has 214 valence electrons. The average molecular weight is 605 g/mol. The second-order valence-electron chi connectivity index (χ2n) is 10.1. The summed E-state index contributed by atoms with van der Waals surface area (Å²) in [4.78, 5) is 29.1. The third-order valence-corrected chi connectivity index (χ3v) is 8.30. The van der Waals surface area contributed by atoms with Crippen LogP contribution in [-0.2, 0) is 32.6 Å². The van der Waals surface area contributed by atoms with Gasteiger partial charge in [0.1, 0.15) is 12.6 Å². The van der Waals surface area contributed by atoms with E-state index >= 15 is 0 Å². The summed E-state index contributed by atoms with van der Waals surface area (Å²) in [7, 11) is -3.85. The number of carbonyl (C=O) groups is 2. The van der Waals surface area contributed by atoms with Crippen molar-refractivity contribution in [3.8, 4) is 0 Å². The van der Waals surface area contributed by atoms with E-state index in [-0.39, 0.29) is 24.9 Å². The summed E-state index contributed by atoms with van der Waals surface area (Å²) >= 11 is 12.6. The van der Waals surface area contributed by atoms with Crippen molar-refractivity contribution in [3.05, 3.63) is 99.0 Å². The van der Waals surface area contributed by atoms with Gasteiger partial charge in [0.2, 0.25) is 21.8 Å². The molecule has 0 saturated heterocycles. The number of benzene rings is 3. The van der Waals surface area contributed by atoms with Crippen LogP contribution in [0, 0.1) is 13.8 Å². The van der Waals surface area contributed by atoms with Crippen molar-refractivity contribution in [2.45, 2.75) is 52.7 Å². The van der Waals surface area contributed by atoms with Crippen LogP contribution in [0.5, 0.6) is 0 Å². The standard InChI is InChI=1S/C30H35Cl2N3O4S/c1-20(2)33-30(37)28(16-23-11-7-6-8-12-23)34(18-24-14-15-25(31)17-26(24)32)29(36)19-35(40(5,38)39)27-13-9-10-21(3)22(27)4/h6-15,17,20,28H,16,18-19H2,1-5H3,(H,33,37). The summed E-state index contributed by atoms with van der Waals surface area (Å²) in [6, 6.07) is 18.5. The molecule has 2 amide bonds. The summed E-state index contributed by atoms with van der Waals surface area (Å²) in [5.41, 5.74) is 3.47. The molecule has 3 aromatic carbocycles. The van der Waals surface area contributed by atoms with Crippen LogP contribution in [0.2, 0.25) is 10.0 Å². The smallest absolute Gasteiger partial charge is 0.244 e. The van der Waals surface area contributed by atoms with Crippen LogP contribution in [-0.4, -0.2) is 50.0 Å². The molecule has 7 nitrogen and oxygen atoms in total. The van der Waals surface area contributed by atoms with Gasteiger partial charge in [-0.3, -0.25) is 13.9 Å². The van der Waals surface area contributed by atoms with Gasteiger partial charge < -0.3 is 10.2 Å². The van der Waals surface area contributed by atoms with Gasteiger partial charge in [-0.05, 0) is 68.1 Å². The van der Waals surface area contributed by atoms with Crippen LogP contribution in [0.3, 0.4) is 0 Å². The van der Waals surface area contributed by atoms with E-state index in [4.69, 9.17) is 23.2 Å². The summed E-state index contributed by atoms with van der Waals surface area (Å²) in [6.45, 7) is 6.85. The molecule has 1 unspecified atom stereocenters. The van der Waals surface area contributed by atoms with E-state index in [1.807, 2.05) is 64.1 Å². The molecule has 0 aliphatic rings. The van der Waals surface area contributed by atoms with Crippen LogP contribution < -0.4 is 9.62 Å². The fraction of sp³-hybridized carbons (Fsp3) is 0.333. The molecule has 1 atom stereocenters. The van der Waals surface area contributed by atoms with Crippen molar-refractivity contribution in [2.75, 3.05) is 17.1 Å². The predicted octanol–water partition coefficient (Wildman–Crippen LogP) is 5.54. The van der Waals surface area contributed by atoms with Crippen molar-refractivity contribution < 1.29 is 18.0 Å². The van der Waals surface area contributed by atoms with Crippen molar-refractivity contribution in [2.24, 2.45) is 0 Å². The Hall–Kier alpha value is -3.07. The highest BCUT2D eigenvalue weighted by Crippen LogP contribution is 2.27. The molecule has 0 bridgehead atoms. The number of carbonyl (C=O) groups excluding carboxylic acids is 2. The Bertz CT molecular complexity index is 1460. The first-order valence-corrected chi connectivity index (χ1v) is 15.5. The Morgan fingerprint density at radius 3 is 2.23 bits per heavy atom. The predicted molar refractivity (Wildman–Crippen MR) is 162 cm³/mol. The lowest BCUT2D eigenvalue weighted by atomic mass is 10.0. The fourth-order valence-corrected chi connectivity index (χ4v) is 5.74. The highest BCUT2D eigenvalue weighted by molar-refractivity contribution is 7.92. The van der Waals surface area contributed by atoms with Gasteiger partial charge in [-0.2, -0.15) is 0 Å². The minimum Gasteiger partial charge on any atom is -0.352 e. The van der Waals surface area contributed by atoms with E-state index in [9.17, 15) is 18.0 Å². The second kappa shape index (κ2) is 13.5. The quantitative estimate of drug-likeness (QED) is 0.312. The van der Waals surface area contributed by atoms with Gasteiger partial charge in [0.25, 0.3) is 0 Å². The molecule has 0 radical (unpaired) electrons. The normalized spacial score (nSPS) is 12.2. The first-order chi connectivity index (χ1) is 18.8. The minimum absolute atomic E-state index is 0.0255. The van der Waals surface area contributed by atoms with Gasteiger partial charge in [-0.15, -0.1) is 0 Å². The molecule has 0 aliphatic heterocycles. The number of sulfonamides is 1. The topological polar surface area (TPSA) is 86.8 Å². The molecule has 10 heteroatoms. The zero-order chi connectivity index (χ0) is 29.6. The first kappa shape index (κ1) is 31.5. The molecule has 0 heterocycles. The Labute approximate surface area is 247 Å². The minimum atomic E-state index is -3.85. The van der Waals surface area contributed by atoms with E-state index in [2.05, 4.69) is 5.32 Å². The van der Waals surface area contributed by atoms with Gasteiger partial charge in [0.05, 0.1) is 11.9 Å². The number of hydrogen-bond acceptors (Lipinski definition) is 4. The van der Waals surface area contributed by atoms with Gasteiger partial charge >= 0.3 is 0 Å². The molecule has 0 saturated carbocycles. The lowest BCUT2D eigenvalue weighted by Crippen LogP contribution is -2.54. The highest BCUT2D eigenvalue weighted by atomic mass is 35.5. The lowest BCUT2D eigenvalue weighted by molar-refractivity contribution is -0.140. The number of nitrogens with zero attached hydrogens (tertiary/aromatic N) is 2. The molecule has 0 aliphatic carbocycles. The molecule has 3 rings (SSSR count). The zero-order valence-electron chi connectivity index (χ0n) is 23.3. The molecule has 40 heavy (non-hydrogen) atoms. The molecule has 0 aromatic heterocycles. The van der Waals surface area contributed by atoms with Crippen LogP contribution in [0.15, 0.2) is 66.7 Å². The summed E-state index contributed by atoms with van der Waals surface area (Å²) < 4.78 is 27.1. The maximum Gasteiger partial charge on any atom is 0.244 e. The van der Waals surface area contributed by atoms with Crippen molar-refractivity contribution in [3.63, 3.8) is 0 Å². The van der Waals surface area contributed by atoms with E-state index in [1.54, 1.807) is 30.3 Å². The SMILES string of the molecule is Cc1cccc(N(CC(=O)N(Cc2ccc(Cl)cc2Cl)C(Cc2ccccc2)C(=O)NC(C)C)S(C)(=O)=O)c1C. The van der Waals surface area contributed by atoms with Crippen LogP contribution in [0.25, 0.3) is 0 Å². The number of amides is 2. The van der Waals surface area contributed by atoms with Crippen molar-refractivity contribution >= 4 is 50.7 Å². The zero-order valence-corrected chi connectivity index (χ0v) is 25.6. The Morgan fingerprint density at radius 2 is 1.62 bits per heavy atom. The van der Waals surface area contributed by atoms with Crippen LogP contribution >= 0.6 is 23.2 Å². The number of halogens is 2. The van der Waals surface area contributed by atoms with Gasteiger partial charge in [-0.25, -0.2) is 8.42 Å². The van der Waals surface area contributed by atoms with Crippen molar-refractivity contribution in [1.82, 2.24) is 10.2 Å². The maximum absolute atomic E-state index is 14.1. The van der Waals surface area contributed by atoms with E-state index in [0.717, 1.165) is 27.3 Å². The largest absolute Gasteiger partial charge is 0.352 e. The first-order valence-electron chi connectivity index (χ1n) is 12.9. The number of rotatable bonds is 11. The number of aryl methyl sites for hydroxylation is 1. The van der Waals surface area contributed by atoms with Crippen LogP contribution in [0.1, 0.15) is 36.1 Å². The second-order valence-corrected chi connectivity index (χ2v) is 12.9. The third-order valence-electron chi connectivity index (χ3n) is 6.58. The molecule has 0 fully saturated rings. The Morgan fingerprint density at radius 1 is 0.950 bits per heavy atom. The monoisotopic (exact) mass is 603 g/mol. The van der Waals surface area contributed by atoms with Gasteiger partial charge in [-0.1, -0.05) is 71.7 Å². The maximum atomic E-state index is 14.1. The summed E-state index contributed by atoms with van der Waals surface area (Å²) in [6.07, 6.45) is 1.29. The van der Waals surface area contributed by atoms with E-state index < -0.39 is 28.5 Å². The molecule has 0 spiro atoms. The highest BCUT2D eigenvalue weighted by Gasteiger charge is 2.34. The molecular weight excluding hydrogens is 569 g/mol. The average Bonchev–Trinajstić information content (AvgIpc) is 2.87. The lowest BCUT2D eigenvalue weighted by Gasteiger charge is -2.34. The Balaban J connectivity index is 2.11. The third kappa shape index (κ3) is 8.22. The fourth-order valence-electron chi connectivity index (χ4n) is 4.37. The van der Waals surface area contributed by atoms with E-state index in [1.165, 1.54) is 4.90 Å². The molecule has 3 aromatic rings.